The number of nitrogens with two attached hydrogens (primary N) is 1. The van der Waals surface area contributed by atoms with Crippen molar-refractivity contribution in [2.45, 2.75) is 19.8 Å². The molecule has 2 N–H and O–H groups in total. The van der Waals surface area contributed by atoms with Crippen molar-refractivity contribution in [3.8, 4) is 23.3 Å². The van der Waals surface area contributed by atoms with Crippen LogP contribution in [0, 0.1) is 25.2 Å². The van der Waals surface area contributed by atoms with E-state index >= 15 is 0 Å². The quantitative estimate of drug-likeness (QED) is 0.406. The number of carbonyl (C=O) groups is 2. The number of nitriles is 1. The highest BCUT2D eigenvalue weighted by Gasteiger charge is 2.31. The fraction of sp³-hybridized carbons (Fsp3) is 0.179. The molecule has 1 atom stereocenters. The van der Waals surface area contributed by atoms with Crippen molar-refractivity contribution in [2.24, 2.45) is 5.73 Å². The predicted octanol–water partition coefficient (Wildman–Crippen LogP) is 4.29. The van der Waals surface area contributed by atoms with Crippen LogP contribution in [0.15, 0.2) is 72.1 Å². The zero-order chi connectivity index (χ0) is 25.8. The van der Waals surface area contributed by atoms with Gasteiger partial charge < -0.3 is 24.7 Å². The summed E-state index contributed by atoms with van der Waals surface area (Å²) in [6.45, 7) is 3.63. The van der Waals surface area contributed by atoms with Gasteiger partial charge in [-0.25, -0.2) is 9.59 Å². The third-order valence-electron chi connectivity index (χ3n) is 5.64. The minimum absolute atomic E-state index is 0.0475. The molecule has 0 radical (unpaired) electrons. The van der Waals surface area contributed by atoms with Crippen LogP contribution in [0.4, 0.5) is 0 Å². The van der Waals surface area contributed by atoms with Crippen LogP contribution in [-0.4, -0.2) is 25.7 Å². The molecule has 0 amide bonds. The second kappa shape index (κ2) is 10.2. The predicted molar refractivity (Wildman–Crippen MR) is 131 cm³/mol. The molecule has 0 bridgehead atoms. The van der Waals surface area contributed by atoms with Gasteiger partial charge in [0.2, 0.25) is 5.88 Å². The number of fused-ring (bicyclic) bond motifs is 1. The summed E-state index contributed by atoms with van der Waals surface area (Å²) in [6, 6.07) is 19.4. The van der Waals surface area contributed by atoms with E-state index in [-0.39, 0.29) is 23.8 Å². The summed E-state index contributed by atoms with van der Waals surface area (Å²) in [7, 11) is 1.31. The molecule has 1 heterocycles. The smallest absolute Gasteiger partial charge is 0.349 e. The van der Waals surface area contributed by atoms with E-state index in [9.17, 15) is 14.9 Å². The van der Waals surface area contributed by atoms with Crippen molar-refractivity contribution < 1.29 is 28.5 Å². The molecule has 3 aromatic rings. The maximum atomic E-state index is 12.4. The number of allylic oxidation sites excluding steroid dienone is 1. The second-order valence-corrected chi connectivity index (χ2v) is 8.32. The molecule has 3 aromatic carbocycles. The maximum absolute atomic E-state index is 12.4. The lowest BCUT2D eigenvalue weighted by Gasteiger charge is -2.26. The molecule has 8 heteroatoms. The number of carbonyl (C=O) groups excluding carboxylic acids is 2. The van der Waals surface area contributed by atoms with Crippen LogP contribution in [-0.2, 0) is 9.53 Å². The molecule has 1 aliphatic heterocycles. The molecule has 0 saturated carbocycles. The Morgan fingerprint density at radius 2 is 1.69 bits per heavy atom. The normalized spacial score (nSPS) is 14.2. The van der Waals surface area contributed by atoms with Gasteiger partial charge in [0.05, 0.1) is 18.6 Å². The zero-order valence-electron chi connectivity index (χ0n) is 20.0. The Morgan fingerprint density at radius 1 is 1.00 bits per heavy atom. The third-order valence-corrected chi connectivity index (χ3v) is 5.64. The van der Waals surface area contributed by atoms with Crippen LogP contribution >= 0.6 is 0 Å². The molecule has 0 aromatic heterocycles. The van der Waals surface area contributed by atoms with Crippen molar-refractivity contribution in [1.29, 1.82) is 5.26 Å². The summed E-state index contributed by atoms with van der Waals surface area (Å²) in [5.41, 5.74) is 10.1. The highest BCUT2D eigenvalue weighted by atomic mass is 16.6. The van der Waals surface area contributed by atoms with Crippen LogP contribution in [0.5, 0.6) is 17.2 Å². The van der Waals surface area contributed by atoms with E-state index in [2.05, 4.69) is 6.07 Å². The van der Waals surface area contributed by atoms with Crippen molar-refractivity contribution in [1.82, 2.24) is 0 Å². The van der Waals surface area contributed by atoms with Crippen LogP contribution in [0.25, 0.3) is 0 Å². The first-order valence-electron chi connectivity index (χ1n) is 11.1. The molecule has 1 aliphatic rings. The largest absolute Gasteiger partial charge is 0.482 e. The molecule has 182 valence electrons. The molecular formula is C28H24N2O6. The van der Waals surface area contributed by atoms with Gasteiger partial charge in [-0.3, -0.25) is 0 Å². The molecule has 4 rings (SSSR count). The van der Waals surface area contributed by atoms with Gasteiger partial charge in [-0.2, -0.15) is 5.26 Å². The van der Waals surface area contributed by atoms with Crippen molar-refractivity contribution in [3.05, 3.63) is 99.9 Å². The Hall–Kier alpha value is -4.77. The molecule has 0 fully saturated rings. The number of benzene rings is 3. The summed E-state index contributed by atoms with van der Waals surface area (Å²) in [5, 5.41) is 9.74. The Balaban J connectivity index is 1.54. The average molecular weight is 485 g/mol. The Kier molecular flexibility index (Phi) is 6.93. The highest BCUT2D eigenvalue weighted by molar-refractivity contribution is 5.89. The monoisotopic (exact) mass is 484 g/mol. The maximum Gasteiger partial charge on any atom is 0.349 e. The van der Waals surface area contributed by atoms with Gasteiger partial charge in [0.1, 0.15) is 28.9 Å². The van der Waals surface area contributed by atoms with Crippen LogP contribution < -0.4 is 19.9 Å². The number of aryl methyl sites for hydroxylation is 2. The lowest BCUT2D eigenvalue weighted by Crippen LogP contribution is -2.22. The van der Waals surface area contributed by atoms with E-state index in [1.165, 1.54) is 7.11 Å². The Morgan fingerprint density at radius 3 is 2.33 bits per heavy atom. The fourth-order valence-electron chi connectivity index (χ4n) is 4.09. The first kappa shape index (κ1) is 24.4. The molecule has 8 nitrogen and oxygen atoms in total. The summed E-state index contributed by atoms with van der Waals surface area (Å²) in [4.78, 5) is 24.2. The molecule has 36 heavy (non-hydrogen) atoms. The lowest BCUT2D eigenvalue weighted by molar-refractivity contribution is -0.136. The van der Waals surface area contributed by atoms with Crippen LogP contribution in [0.3, 0.4) is 0 Å². The average Bonchev–Trinajstić information content (AvgIpc) is 2.85. The first-order chi connectivity index (χ1) is 17.3. The Bertz CT molecular complexity index is 1380. The molecule has 1 unspecified atom stereocenters. The topological polar surface area (TPSA) is 121 Å². The number of methoxy groups -OCH3 is 1. The number of hydrogen-bond donors (Lipinski definition) is 1. The van der Waals surface area contributed by atoms with E-state index in [1.807, 2.05) is 32.0 Å². The zero-order valence-corrected chi connectivity index (χ0v) is 20.0. The molecule has 0 spiro atoms. The second-order valence-electron chi connectivity index (χ2n) is 8.32. The van der Waals surface area contributed by atoms with Gasteiger partial charge in [-0.15, -0.1) is 0 Å². The number of rotatable bonds is 6. The van der Waals surface area contributed by atoms with Crippen LogP contribution in [0.2, 0.25) is 0 Å². The SMILES string of the molecule is COC(=O)c1ccc(C2C(C#N)=C(N)Oc3cc(OC(=O)COc4cc(C)cc(C)c4)ccc32)cc1. The van der Waals surface area contributed by atoms with E-state index in [0.29, 0.717) is 22.6 Å². The number of nitrogens with zero attached hydrogens (tertiary/aromatic N) is 1. The summed E-state index contributed by atoms with van der Waals surface area (Å²) in [6.07, 6.45) is 0. The van der Waals surface area contributed by atoms with Gasteiger partial charge in [-0.05, 0) is 60.9 Å². The highest BCUT2D eigenvalue weighted by Crippen LogP contribution is 2.43. The van der Waals surface area contributed by atoms with Crippen molar-refractivity contribution >= 4 is 11.9 Å². The van der Waals surface area contributed by atoms with Crippen molar-refractivity contribution in [2.75, 3.05) is 13.7 Å². The van der Waals surface area contributed by atoms with E-state index in [1.54, 1.807) is 42.5 Å². The molecular weight excluding hydrogens is 460 g/mol. The van der Waals surface area contributed by atoms with Gasteiger partial charge in [0.25, 0.3) is 0 Å². The summed E-state index contributed by atoms with van der Waals surface area (Å²) >= 11 is 0. The molecule has 0 aliphatic carbocycles. The first-order valence-corrected chi connectivity index (χ1v) is 11.1. The van der Waals surface area contributed by atoms with Gasteiger partial charge in [0.15, 0.2) is 6.61 Å². The minimum atomic E-state index is -0.582. The third kappa shape index (κ3) is 5.15. The minimum Gasteiger partial charge on any atom is -0.482 e. The lowest BCUT2D eigenvalue weighted by atomic mass is 9.83. The standard InChI is InChI=1S/C28H24N2O6/c1-16-10-17(2)12-21(11-16)34-15-25(31)35-20-8-9-22-24(13-20)36-27(30)23(14-29)26(22)18-4-6-19(7-5-18)28(32)33-3/h4-13,26H,15,30H2,1-3H3. The van der Waals surface area contributed by atoms with E-state index in [0.717, 1.165) is 16.7 Å². The van der Waals surface area contributed by atoms with Gasteiger partial charge in [0, 0.05) is 11.6 Å². The molecule has 0 saturated heterocycles. The summed E-state index contributed by atoms with van der Waals surface area (Å²) in [5.74, 6) is -0.429. The fourth-order valence-corrected chi connectivity index (χ4v) is 4.09. The van der Waals surface area contributed by atoms with Gasteiger partial charge >= 0.3 is 11.9 Å². The van der Waals surface area contributed by atoms with Crippen LogP contribution in [0.1, 0.15) is 38.5 Å². The number of esters is 2. The summed E-state index contributed by atoms with van der Waals surface area (Å²) < 4.78 is 21.4. The van der Waals surface area contributed by atoms with Crippen molar-refractivity contribution in [3.63, 3.8) is 0 Å². The number of hydrogen-bond acceptors (Lipinski definition) is 8. The van der Waals surface area contributed by atoms with Gasteiger partial charge in [-0.1, -0.05) is 24.3 Å². The number of ether oxygens (including phenoxy) is 4. The van der Waals surface area contributed by atoms with E-state index < -0.39 is 17.9 Å². The van der Waals surface area contributed by atoms with E-state index in [4.69, 9.17) is 24.7 Å². The Labute approximate surface area is 208 Å².